The molecule has 4 heteroatoms. The molecule has 1 amide bonds. The topological polar surface area (TPSA) is 60.8 Å². The molecule has 0 saturated carbocycles. The van der Waals surface area contributed by atoms with Gasteiger partial charge in [0, 0.05) is 13.1 Å². The highest BCUT2D eigenvalue weighted by molar-refractivity contribution is 5.78. The number of benzene rings is 1. The Morgan fingerprint density at radius 1 is 1.35 bits per heavy atom. The van der Waals surface area contributed by atoms with Gasteiger partial charge in [0.25, 0.3) is 0 Å². The van der Waals surface area contributed by atoms with E-state index in [1.54, 1.807) is 29.2 Å². The van der Waals surface area contributed by atoms with Crippen molar-refractivity contribution in [2.24, 2.45) is 0 Å². The van der Waals surface area contributed by atoms with Crippen LogP contribution in [0.3, 0.4) is 0 Å². The predicted molar refractivity (Wildman–Crippen MR) is 63.6 cm³/mol. The van der Waals surface area contributed by atoms with Gasteiger partial charge in [-0.25, -0.2) is 0 Å². The van der Waals surface area contributed by atoms with Gasteiger partial charge in [-0.05, 0) is 30.5 Å². The quantitative estimate of drug-likeness (QED) is 0.801. The van der Waals surface area contributed by atoms with E-state index in [9.17, 15) is 9.90 Å². The molecule has 1 aromatic carbocycles. The third-order valence-corrected chi connectivity index (χ3v) is 3.04. The minimum Gasteiger partial charge on any atom is -0.508 e. The van der Waals surface area contributed by atoms with Crippen LogP contribution in [-0.2, 0) is 11.2 Å². The summed E-state index contributed by atoms with van der Waals surface area (Å²) < 4.78 is 0. The van der Waals surface area contributed by atoms with E-state index in [-0.39, 0.29) is 17.8 Å². The van der Waals surface area contributed by atoms with Crippen molar-refractivity contribution < 1.29 is 15.0 Å². The summed E-state index contributed by atoms with van der Waals surface area (Å²) in [6, 6.07) is 6.64. The molecule has 0 aliphatic carbocycles. The maximum Gasteiger partial charge on any atom is 0.227 e. The fourth-order valence-electron chi connectivity index (χ4n) is 2.08. The monoisotopic (exact) mass is 235 g/mol. The molecule has 2 rings (SSSR count). The highest BCUT2D eigenvalue weighted by atomic mass is 16.3. The van der Waals surface area contributed by atoms with Crippen LogP contribution in [0.25, 0.3) is 0 Å². The average molecular weight is 235 g/mol. The molecule has 2 N–H and O–H groups in total. The lowest BCUT2D eigenvalue weighted by Crippen LogP contribution is -2.42. The summed E-state index contributed by atoms with van der Waals surface area (Å²) in [6.45, 7) is 1.17. The van der Waals surface area contributed by atoms with Crippen LogP contribution in [0.4, 0.5) is 0 Å². The number of carbonyl (C=O) groups is 1. The standard InChI is InChI=1S/C13H17NO3/c15-11-5-3-10(4-6-11)8-13(17)14-7-1-2-12(16)9-14/h3-6,12,15-16H,1-2,7-9H2/t12-/m0/s1. The molecular weight excluding hydrogens is 218 g/mol. The number of carbonyl (C=O) groups excluding carboxylic acids is 1. The number of aliphatic hydroxyl groups excluding tert-OH is 1. The molecule has 0 spiro atoms. The lowest BCUT2D eigenvalue weighted by molar-refractivity contribution is -0.133. The Labute approximate surface area is 100 Å². The summed E-state index contributed by atoms with van der Waals surface area (Å²) in [6.07, 6.45) is 1.59. The summed E-state index contributed by atoms with van der Waals surface area (Å²) >= 11 is 0. The number of rotatable bonds is 2. The van der Waals surface area contributed by atoms with Gasteiger partial charge in [0.05, 0.1) is 12.5 Å². The van der Waals surface area contributed by atoms with Crippen molar-refractivity contribution in [1.82, 2.24) is 4.90 Å². The van der Waals surface area contributed by atoms with Gasteiger partial charge in [0.2, 0.25) is 5.91 Å². The van der Waals surface area contributed by atoms with Crippen molar-refractivity contribution in [3.63, 3.8) is 0 Å². The number of nitrogens with zero attached hydrogens (tertiary/aromatic N) is 1. The molecule has 4 nitrogen and oxygen atoms in total. The second kappa shape index (κ2) is 5.19. The highest BCUT2D eigenvalue weighted by Crippen LogP contribution is 2.14. The van der Waals surface area contributed by atoms with Crippen molar-refractivity contribution in [3.05, 3.63) is 29.8 Å². The van der Waals surface area contributed by atoms with Gasteiger partial charge in [-0.15, -0.1) is 0 Å². The van der Waals surface area contributed by atoms with Gasteiger partial charge in [0.15, 0.2) is 0 Å². The summed E-state index contributed by atoms with van der Waals surface area (Å²) in [7, 11) is 0. The Bertz CT molecular complexity index is 388. The molecule has 1 heterocycles. The van der Waals surface area contributed by atoms with Gasteiger partial charge in [-0.3, -0.25) is 4.79 Å². The van der Waals surface area contributed by atoms with Crippen LogP contribution in [0.15, 0.2) is 24.3 Å². The van der Waals surface area contributed by atoms with Crippen molar-refractivity contribution >= 4 is 5.91 Å². The van der Waals surface area contributed by atoms with Crippen LogP contribution in [0.1, 0.15) is 18.4 Å². The minimum atomic E-state index is -0.382. The third-order valence-electron chi connectivity index (χ3n) is 3.04. The van der Waals surface area contributed by atoms with E-state index < -0.39 is 0 Å². The Morgan fingerprint density at radius 2 is 2.06 bits per heavy atom. The number of piperidine rings is 1. The molecule has 1 fully saturated rings. The number of hydrogen-bond acceptors (Lipinski definition) is 3. The lowest BCUT2D eigenvalue weighted by atomic mass is 10.1. The fraction of sp³-hybridized carbons (Fsp3) is 0.462. The van der Waals surface area contributed by atoms with Gasteiger partial charge in [-0.1, -0.05) is 12.1 Å². The molecule has 17 heavy (non-hydrogen) atoms. The first-order valence-corrected chi connectivity index (χ1v) is 5.89. The normalized spacial score (nSPS) is 20.3. The third kappa shape index (κ3) is 3.20. The first-order valence-electron chi connectivity index (χ1n) is 5.89. The number of phenols is 1. The van der Waals surface area contributed by atoms with Crippen molar-refractivity contribution in [1.29, 1.82) is 0 Å². The number of aliphatic hydroxyl groups is 1. The van der Waals surface area contributed by atoms with E-state index in [1.807, 2.05) is 0 Å². The molecule has 1 aliphatic rings. The van der Waals surface area contributed by atoms with E-state index in [2.05, 4.69) is 0 Å². The largest absolute Gasteiger partial charge is 0.508 e. The number of hydrogen-bond donors (Lipinski definition) is 2. The lowest BCUT2D eigenvalue weighted by Gasteiger charge is -2.30. The van der Waals surface area contributed by atoms with E-state index in [0.29, 0.717) is 13.0 Å². The van der Waals surface area contributed by atoms with Gasteiger partial charge >= 0.3 is 0 Å². The summed E-state index contributed by atoms with van der Waals surface area (Å²) in [4.78, 5) is 13.7. The number of β-amino-alcohol motifs (C(OH)–C–C–N with tert-alkyl or cyclic N) is 1. The fourth-order valence-corrected chi connectivity index (χ4v) is 2.08. The first-order chi connectivity index (χ1) is 8.15. The molecule has 0 aromatic heterocycles. The van der Waals surface area contributed by atoms with E-state index >= 15 is 0 Å². The molecule has 0 bridgehead atoms. The second-order valence-corrected chi connectivity index (χ2v) is 4.48. The maximum atomic E-state index is 12.0. The molecular formula is C13H17NO3. The van der Waals surface area contributed by atoms with E-state index in [1.165, 1.54) is 0 Å². The van der Waals surface area contributed by atoms with E-state index in [0.717, 1.165) is 24.9 Å². The van der Waals surface area contributed by atoms with E-state index in [4.69, 9.17) is 5.11 Å². The molecule has 0 unspecified atom stereocenters. The summed E-state index contributed by atoms with van der Waals surface area (Å²) in [5, 5.41) is 18.6. The molecule has 1 aliphatic heterocycles. The average Bonchev–Trinajstić information content (AvgIpc) is 2.32. The van der Waals surface area contributed by atoms with Crippen LogP contribution in [0, 0.1) is 0 Å². The zero-order chi connectivity index (χ0) is 12.3. The van der Waals surface area contributed by atoms with Gasteiger partial charge < -0.3 is 15.1 Å². The first kappa shape index (κ1) is 11.9. The Balaban J connectivity index is 1.94. The molecule has 1 saturated heterocycles. The second-order valence-electron chi connectivity index (χ2n) is 4.48. The number of phenolic OH excluding ortho intramolecular Hbond substituents is 1. The van der Waals surface area contributed by atoms with Gasteiger partial charge in [-0.2, -0.15) is 0 Å². The Hall–Kier alpha value is -1.55. The van der Waals surface area contributed by atoms with Crippen LogP contribution in [0.2, 0.25) is 0 Å². The van der Waals surface area contributed by atoms with Crippen molar-refractivity contribution in [2.45, 2.75) is 25.4 Å². The van der Waals surface area contributed by atoms with Crippen molar-refractivity contribution in [3.8, 4) is 5.75 Å². The SMILES string of the molecule is O=C(Cc1ccc(O)cc1)N1CCC[C@H](O)C1. The zero-order valence-electron chi connectivity index (χ0n) is 9.67. The van der Waals surface area contributed by atoms with Gasteiger partial charge in [0.1, 0.15) is 5.75 Å². The van der Waals surface area contributed by atoms with Crippen LogP contribution in [0.5, 0.6) is 5.75 Å². The number of amides is 1. The van der Waals surface area contributed by atoms with Crippen LogP contribution in [-0.4, -0.2) is 40.2 Å². The molecule has 0 radical (unpaired) electrons. The molecule has 92 valence electrons. The summed E-state index contributed by atoms with van der Waals surface area (Å²) in [5.74, 6) is 0.240. The number of likely N-dealkylation sites (tertiary alicyclic amines) is 1. The zero-order valence-corrected chi connectivity index (χ0v) is 9.67. The number of aromatic hydroxyl groups is 1. The van der Waals surface area contributed by atoms with Crippen LogP contribution >= 0.6 is 0 Å². The van der Waals surface area contributed by atoms with Crippen LogP contribution < -0.4 is 0 Å². The smallest absolute Gasteiger partial charge is 0.227 e. The molecule has 1 atom stereocenters. The summed E-state index contributed by atoms with van der Waals surface area (Å²) in [5.41, 5.74) is 0.882. The van der Waals surface area contributed by atoms with Crippen molar-refractivity contribution in [2.75, 3.05) is 13.1 Å². The minimum absolute atomic E-state index is 0.0365. The Morgan fingerprint density at radius 3 is 2.71 bits per heavy atom. The molecule has 1 aromatic rings. The highest BCUT2D eigenvalue weighted by Gasteiger charge is 2.21. The predicted octanol–water partition coefficient (Wildman–Crippen LogP) is 0.918. The Kier molecular flexibility index (Phi) is 3.64. The maximum absolute atomic E-state index is 12.0.